The Balaban J connectivity index is 2.28. The first kappa shape index (κ1) is 21.8. The number of hydrogen-bond donors (Lipinski definition) is 0. The molecule has 0 saturated heterocycles. The molecular formula is C24H31NS2. The molecule has 0 amide bonds. The van der Waals surface area contributed by atoms with Gasteiger partial charge in [0.05, 0.1) is 5.69 Å². The second-order valence-electron chi connectivity index (χ2n) is 8.58. The quantitative estimate of drug-likeness (QED) is 0.276. The molecule has 0 aromatic heterocycles. The van der Waals surface area contributed by atoms with E-state index in [1.54, 1.807) is 11.8 Å². The second-order valence-corrected chi connectivity index (χ2v) is 11.2. The van der Waals surface area contributed by atoms with Gasteiger partial charge in [-0.15, -0.1) is 0 Å². The first-order valence-electron chi connectivity index (χ1n) is 9.36. The van der Waals surface area contributed by atoms with Crippen LogP contribution in [0.1, 0.15) is 48.0 Å². The van der Waals surface area contributed by atoms with Crippen LogP contribution in [0.3, 0.4) is 0 Å². The van der Waals surface area contributed by atoms with E-state index in [-0.39, 0.29) is 10.2 Å². The largest absolute Gasteiger partial charge is 0.242 e. The fourth-order valence-corrected chi connectivity index (χ4v) is 5.31. The minimum absolute atomic E-state index is 0.110. The lowest BCUT2D eigenvalue weighted by molar-refractivity contribution is 0.340. The van der Waals surface area contributed by atoms with Gasteiger partial charge in [-0.2, -0.15) is 0 Å². The van der Waals surface area contributed by atoms with E-state index in [1.807, 2.05) is 36.0 Å². The molecule has 0 aliphatic heterocycles. The Labute approximate surface area is 173 Å². The summed E-state index contributed by atoms with van der Waals surface area (Å²) >= 11 is 3.63. The lowest BCUT2D eigenvalue weighted by Gasteiger charge is -2.32. The van der Waals surface area contributed by atoms with Gasteiger partial charge in [-0.1, -0.05) is 94.5 Å². The van der Waals surface area contributed by atoms with Crippen molar-refractivity contribution in [2.45, 2.75) is 57.6 Å². The average molecular weight is 398 g/mol. The first-order chi connectivity index (χ1) is 12.6. The van der Waals surface area contributed by atoms with E-state index in [0.717, 1.165) is 17.2 Å². The van der Waals surface area contributed by atoms with Crippen molar-refractivity contribution in [1.29, 1.82) is 0 Å². The van der Waals surface area contributed by atoms with E-state index >= 15 is 0 Å². The Kier molecular flexibility index (Phi) is 7.81. The maximum Gasteiger partial charge on any atom is 0.101 e. The van der Waals surface area contributed by atoms with Gasteiger partial charge in [0.15, 0.2) is 0 Å². The Morgan fingerprint density at radius 2 is 1.44 bits per heavy atom. The summed E-state index contributed by atoms with van der Waals surface area (Å²) in [5.74, 6) is 0. The summed E-state index contributed by atoms with van der Waals surface area (Å²) in [7, 11) is 0. The highest BCUT2D eigenvalue weighted by molar-refractivity contribution is 8.15. The van der Waals surface area contributed by atoms with E-state index in [9.17, 15) is 0 Å². The summed E-state index contributed by atoms with van der Waals surface area (Å²) in [6.07, 6.45) is 1.12. The third-order valence-corrected chi connectivity index (χ3v) is 6.09. The minimum Gasteiger partial charge on any atom is -0.242 e. The number of nitrogens with zero attached hydrogens (tertiary/aromatic N) is 1. The smallest absolute Gasteiger partial charge is 0.101 e. The monoisotopic (exact) mass is 397 g/mol. The Hall–Kier alpha value is -1.45. The highest BCUT2D eigenvalue weighted by Crippen LogP contribution is 2.39. The van der Waals surface area contributed by atoms with Crippen molar-refractivity contribution in [2.24, 2.45) is 10.4 Å². The van der Waals surface area contributed by atoms with E-state index in [4.69, 9.17) is 4.99 Å². The van der Waals surface area contributed by atoms with E-state index in [0.29, 0.717) is 0 Å². The van der Waals surface area contributed by atoms with Crippen molar-refractivity contribution in [3.63, 3.8) is 0 Å². The molecule has 2 rings (SSSR count). The van der Waals surface area contributed by atoms with Crippen molar-refractivity contribution in [2.75, 3.05) is 0 Å². The van der Waals surface area contributed by atoms with Gasteiger partial charge in [-0.25, -0.2) is 4.99 Å². The number of rotatable bonds is 6. The van der Waals surface area contributed by atoms with Crippen LogP contribution in [0.2, 0.25) is 0 Å². The zero-order valence-electron chi connectivity index (χ0n) is 17.3. The van der Waals surface area contributed by atoms with Crippen molar-refractivity contribution >= 4 is 34.3 Å². The zero-order chi connectivity index (χ0) is 19.9. The summed E-state index contributed by atoms with van der Waals surface area (Å²) in [5, 5.41) is 3.32. The fourth-order valence-electron chi connectivity index (χ4n) is 3.09. The molecule has 2 aromatic rings. The standard InChI is InChI=1S/C24H31NS2/c1-19(17-26-21-15-11-8-12-16-21)22(25-20-13-9-7-10-14-20)27-24(5,6)18-23(2,3)4/h7-17H,18H2,1-6H3/b19-17+,25-22-. The minimum atomic E-state index is 0.110. The molecule has 0 unspecified atom stereocenters. The zero-order valence-corrected chi connectivity index (χ0v) is 19.0. The van der Waals surface area contributed by atoms with Gasteiger partial charge in [0.25, 0.3) is 0 Å². The highest BCUT2D eigenvalue weighted by atomic mass is 32.2. The van der Waals surface area contributed by atoms with Gasteiger partial charge in [-0.3, -0.25) is 0 Å². The van der Waals surface area contributed by atoms with Gasteiger partial charge in [0, 0.05) is 9.64 Å². The first-order valence-corrected chi connectivity index (χ1v) is 11.1. The molecule has 27 heavy (non-hydrogen) atoms. The molecule has 0 fully saturated rings. The number of para-hydroxylation sites is 1. The summed E-state index contributed by atoms with van der Waals surface area (Å²) in [4.78, 5) is 6.23. The maximum absolute atomic E-state index is 4.98. The second kappa shape index (κ2) is 9.66. The Morgan fingerprint density at radius 3 is 2.00 bits per heavy atom. The molecule has 0 radical (unpaired) electrons. The molecule has 0 aliphatic rings. The SMILES string of the molecule is CC(=C\Sc1ccccc1)/C(=N/c1ccccc1)SC(C)(C)CC(C)(C)C. The predicted molar refractivity (Wildman–Crippen MR) is 125 cm³/mol. The van der Waals surface area contributed by atoms with Crippen molar-refractivity contribution in [3.05, 3.63) is 71.6 Å². The van der Waals surface area contributed by atoms with Crippen LogP contribution in [-0.4, -0.2) is 9.79 Å². The van der Waals surface area contributed by atoms with Crippen LogP contribution in [0.25, 0.3) is 0 Å². The molecule has 0 spiro atoms. The predicted octanol–water partition coefficient (Wildman–Crippen LogP) is 8.36. The summed E-state index contributed by atoms with van der Waals surface area (Å²) in [5.41, 5.74) is 2.49. The van der Waals surface area contributed by atoms with Crippen LogP contribution in [0.15, 0.2) is 81.5 Å². The third-order valence-electron chi connectivity index (χ3n) is 3.77. The van der Waals surface area contributed by atoms with Gasteiger partial charge >= 0.3 is 0 Å². The molecule has 1 nitrogen and oxygen atoms in total. The Bertz CT molecular complexity index is 769. The van der Waals surface area contributed by atoms with Crippen LogP contribution in [0, 0.1) is 5.41 Å². The molecule has 0 aliphatic carbocycles. The van der Waals surface area contributed by atoms with Crippen LogP contribution >= 0.6 is 23.5 Å². The average Bonchev–Trinajstić information content (AvgIpc) is 2.58. The summed E-state index contributed by atoms with van der Waals surface area (Å²) < 4.78 is 0.110. The molecule has 0 heterocycles. The van der Waals surface area contributed by atoms with Gasteiger partial charge in [0.1, 0.15) is 5.04 Å². The fraction of sp³-hybridized carbons (Fsp3) is 0.375. The molecule has 0 bridgehead atoms. The number of hydrogen-bond acceptors (Lipinski definition) is 3. The number of thioether (sulfide) groups is 2. The van der Waals surface area contributed by atoms with Crippen LogP contribution < -0.4 is 0 Å². The topological polar surface area (TPSA) is 12.4 Å². The molecule has 0 saturated carbocycles. The third kappa shape index (κ3) is 8.40. The van der Waals surface area contributed by atoms with E-state index in [2.05, 4.69) is 83.3 Å². The summed E-state index contributed by atoms with van der Waals surface area (Å²) in [6.45, 7) is 13.7. The lowest BCUT2D eigenvalue weighted by atomic mass is 9.86. The van der Waals surface area contributed by atoms with Gasteiger partial charge in [-0.05, 0) is 54.0 Å². The van der Waals surface area contributed by atoms with Crippen molar-refractivity contribution in [1.82, 2.24) is 0 Å². The number of aliphatic imine (C=N–C) groups is 1. The molecule has 0 atom stereocenters. The molecule has 0 N–H and O–H groups in total. The van der Waals surface area contributed by atoms with Crippen LogP contribution in [0.5, 0.6) is 0 Å². The van der Waals surface area contributed by atoms with Crippen molar-refractivity contribution < 1.29 is 0 Å². The van der Waals surface area contributed by atoms with E-state index < -0.39 is 0 Å². The maximum atomic E-state index is 4.98. The molecular weight excluding hydrogens is 366 g/mol. The van der Waals surface area contributed by atoms with Gasteiger partial charge < -0.3 is 0 Å². The van der Waals surface area contributed by atoms with Crippen molar-refractivity contribution in [3.8, 4) is 0 Å². The van der Waals surface area contributed by atoms with Crippen LogP contribution in [-0.2, 0) is 0 Å². The highest BCUT2D eigenvalue weighted by Gasteiger charge is 2.28. The Morgan fingerprint density at radius 1 is 0.889 bits per heavy atom. The number of benzene rings is 2. The van der Waals surface area contributed by atoms with Gasteiger partial charge in [0.2, 0.25) is 0 Å². The molecule has 2 aromatic carbocycles. The molecule has 144 valence electrons. The van der Waals surface area contributed by atoms with Crippen LogP contribution in [0.4, 0.5) is 5.69 Å². The summed E-state index contributed by atoms with van der Waals surface area (Å²) in [6, 6.07) is 20.7. The van der Waals surface area contributed by atoms with E-state index in [1.165, 1.54) is 10.5 Å². The molecule has 3 heteroatoms. The lowest BCUT2D eigenvalue weighted by Crippen LogP contribution is -2.25. The normalized spacial score (nSPS) is 13.7.